The number of amides is 2. The van der Waals surface area contributed by atoms with Crippen LogP contribution >= 0.6 is 11.3 Å². The molecule has 1 aromatic heterocycles. The lowest BCUT2D eigenvalue weighted by molar-refractivity contribution is -0.386. The number of nitrogens with one attached hydrogen (secondary N) is 2. The maximum absolute atomic E-state index is 11.9. The first-order valence-electron chi connectivity index (χ1n) is 6.53. The molecule has 0 saturated heterocycles. The second-order valence-corrected chi connectivity index (χ2v) is 5.35. The number of rotatable bonds is 5. The highest BCUT2D eigenvalue weighted by Crippen LogP contribution is 2.26. The van der Waals surface area contributed by atoms with Gasteiger partial charge in [0.05, 0.1) is 9.80 Å². The zero-order valence-corrected chi connectivity index (χ0v) is 12.8. The van der Waals surface area contributed by atoms with Gasteiger partial charge in [-0.05, 0) is 24.4 Å². The van der Waals surface area contributed by atoms with E-state index in [1.807, 2.05) is 0 Å². The molecule has 0 aliphatic carbocycles. The third kappa shape index (κ3) is 4.27. The first-order valence-corrected chi connectivity index (χ1v) is 7.41. The number of para-hydroxylation sites is 2. The van der Waals surface area contributed by atoms with Crippen molar-refractivity contribution in [3.8, 4) is 5.75 Å². The van der Waals surface area contributed by atoms with Crippen molar-refractivity contribution in [1.82, 2.24) is 10.9 Å². The van der Waals surface area contributed by atoms with Crippen LogP contribution in [0.5, 0.6) is 5.75 Å². The summed E-state index contributed by atoms with van der Waals surface area (Å²) >= 11 is 1.23. The Morgan fingerprint density at radius 1 is 1.22 bits per heavy atom. The quantitative estimate of drug-likeness (QED) is 0.640. The van der Waals surface area contributed by atoms with Gasteiger partial charge < -0.3 is 4.74 Å². The smallest absolute Gasteiger partial charge is 0.310 e. The molecule has 0 aliphatic heterocycles. The number of hydrogen-bond donors (Lipinski definition) is 2. The van der Waals surface area contributed by atoms with Crippen LogP contribution in [-0.2, 0) is 4.79 Å². The molecule has 1 heterocycles. The van der Waals surface area contributed by atoms with E-state index in [9.17, 15) is 19.7 Å². The van der Waals surface area contributed by atoms with E-state index in [0.29, 0.717) is 4.88 Å². The lowest BCUT2D eigenvalue weighted by Crippen LogP contribution is -2.47. The van der Waals surface area contributed by atoms with Gasteiger partial charge in [-0.15, -0.1) is 11.3 Å². The third-order valence-corrected chi connectivity index (χ3v) is 3.65. The lowest BCUT2D eigenvalue weighted by atomic mass is 10.3. The molecule has 2 amide bonds. The van der Waals surface area contributed by atoms with E-state index in [4.69, 9.17) is 4.74 Å². The van der Waals surface area contributed by atoms with E-state index in [1.165, 1.54) is 36.5 Å². The van der Waals surface area contributed by atoms with Gasteiger partial charge in [0.25, 0.3) is 11.8 Å². The van der Waals surface area contributed by atoms with Crippen LogP contribution in [-0.4, -0.2) is 22.8 Å². The largest absolute Gasteiger partial charge is 0.474 e. The Balaban J connectivity index is 1.93. The van der Waals surface area contributed by atoms with Gasteiger partial charge in [0.1, 0.15) is 0 Å². The molecule has 0 aliphatic rings. The number of benzene rings is 1. The highest BCUT2D eigenvalue weighted by atomic mass is 32.1. The van der Waals surface area contributed by atoms with Crippen LogP contribution in [0.1, 0.15) is 16.6 Å². The summed E-state index contributed by atoms with van der Waals surface area (Å²) in [5.41, 5.74) is 4.22. The van der Waals surface area contributed by atoms with Gasteiger partial charge in [0.2, 0.25) is 0 Å². The number of nitrogens with zero attached hydrogens (tertiary/aromatic N) is 1. The lowest BCUT2D eigenvalue weighted by Gasteiger charge is -2.14. The van der Waals surface area contributed by atoms with Crippen molar-refractivity contribution in [2.75, 3.05) is 0 Å². The predicted octanol–water partition coefficient (Wildman–Crippen LogP) is 1.88. The van der Waals surface area contributed by atoms with Gasteiger partial charge >= 0.3 is 5.69 Å². The molecule has 120 valence electrons. The maximum Gasteiger partial charge on any atom is 0.310 e. The van der Waals surface area contributed by atoms with Crippen LogP contribution in [0.4, 0.5) is 5.69 Å². The molecule has 2 rings (SSSR count). The molecular formula is C14H13N3O5S. The van der Waals surface area contributed by atoms with Gasteiger partial charge in [-0.25, -0.2) is 0 Å². The van der Waals surface area contributed by atoms with E-state index in [2.05, 4.69) is 10.9 Å². The Bertz CT molecular complexity index is 717. The number of carbonyl (C=O) groups is 2. The molecule has 0 spiro atoms. The molecule has 1 atom stereocenters. The molecule has 1 aromatic carbocycles. The highest BCUT2D eigenvalue weighted by molar-refractivity contribution is 7.12. The number of hydrogen-bond acceptors (Lipinski definition) is 6. The van der Waals surface area contributed by atoms with Crippen molar-refractivity contribution < 1.29 is 19.2 Å². The van der Waals surface area contributed by atoms with E-state index in [-0.39, 0.29) is 11.4 Å². The molecule has 2 N–H and O–H groups in total. The second-order valence-electron chi connectivity index (χ2n) is 4.41. The van der Waals surface area contributed by atoms with Crippen molar-refractivity contribution >= 4 is 28.8 Å². The highest BCUT2D eigenvalue weighted by Gasteiger charge is 2.21. The third-order valence-electron chi connectivity index (χ3n) is 2.78. The summed E-state index contributed by atoms with van der Waals surface area (Å²) in [7, 11) is 0. The van der Waals surface area contributed by atoms with E-state index >= 15 is 0 Å². The SMILES string of the molecule is C[C@@H](Oc1ccccc1[N+](=O)[O-])C(=O)NNC(=O)c1cccs1. The standard InChI is InChI=1S/C14H13N3O5S/c1-9(22-11-6-3-2-5-10(11)17(20)21)13(18)15-16-14(19)12-7-4-8-23-12/h2-9H,1H3,(H,15,18)(H,16,19)/t9-/m1/s1. The topological polar surface area (TPSA) is 111 Å². The number of carbonyl (C=O) groups excluding carboxylic acids is 2. The number of ether oxygens (including phenoxy) is 1. The summed E-state index contributed by atoms with van der Waals surface area (Å²) in [6, 6.07) is 9.05. The minimum absolute atomic E-state index is 0.0234. The number of hydrazine groups is 1. The summed E-state index contributed by atoms with van der Waals surface area (Å²) in [4.78, 5) is 34.3. The summed E-state index contributed by atoms with van der Waals surface area (Å²) in [5, 5.41) is 12.6. The minimum atomic E-state index is -1.03. The minimum Gasteiger partial charge on any atom is -0.474 e. The average molecular weight is 335 g/mol. The number of nitro groups is 1. The van der Waals surface area contributed by atoms with E-state index in [0.717, 1.165) is 0 Å². The van der Waals surface area contributed by atoms with Crippen molar-refractivity contribution in [3.05, 3.63) is 56.8 Å². The van der Waals surface area contributed by atoms with Crippen LogP contribution in [0.25, 0.3) is 0 Å². The monoisotopic (exact) mass is 335 g/mol. The van der Waals surface area contributed by atoms with Crippen LogP contribution in [0.2, 0.25) is 0 Å². The Kier molecular flexibility index (Phi) is 5.26. The fourth-order valence-electron chi connectivity index (χ4n) is 1.64. The Hall–Kier alpha value is -2.94. The van der Waals surface area contributed by atoms with Crippen LogP contribution < -0.4 is 15.6 Å². The average Bonchev–Trinajstić information content (AvgIpc) is 3.07. The van der Waals surface area contributed by atoms with Crippen molar-refractivity contribution in [2.45, 2.75) is 13.0 Å². The fraction of sp³-hybridized carbons (Fsp3) is 0.143. The molecule has 0 saturated carbocycles. The molecule has 23 heavy (non-hydrogen) atoms. The summed E-state index contributed by atoms with van der Waals surface area (Å²) < 4.78 is 5.29. The van der Waals surface area contributed by atoms with Crippen LogP contribution in [0, 0.1) is 10.1 Å². The van der Waals surface area contributed by atoms with Gasteiger partial charge in [-0.1, -0.05) is 18.2 Å². The Labute approximate surface area is 135 Å². The maximum atomic E-state index is 11.9. The zero-order valence-electron chi connectivity index (χ0n) is 12.0. The molecule has 9 heteroatoms. The van der Waals surface area contributed by atoms with Gasteiger partial charge in [-0.3, -0.25) is 30.6 Å². The molecule has 0 fully saturated rings. The zero-order chi connectivity index (χ0) is 16.8. The normalized spacial score (nSPS) is 11.3. The fourth-order valence-corrected chi connectivity index (χ4v) is 2.26. The number of nitro benzene ring substituents is 1. The molecule has 0 radical (unpaired) electrons. The van der Waals surface area contributed by atoms with Gasteiger partial charge in [-0.2, -0.15) is 0 Å². The van der Waals surface area contributed by atoms with Crippen LogP contribution in [0.3, 0.4) is 0 Å². The molecular weight excluding hydrogens is 322 g/mol. The molecule has 0 bridgehead atoms. The van der Waals surface area contributed by atoms with Crippen molar-refractivity contribution in [2.24, 2.45) is 0 Å². The van der Waals surface area contributed by atoms with E-state index < -0.39 is 22.8 Å². The number of thiophene rings is 1. The van der Waals surface area contributed by atoms with Crippen LogP contribution in [0.15, 0.2) is 41.8 Å². The Morgan fingerprint density at radius 2 is 1.96 bits per heavy atom. The Morgan fingerprint density at radius 3 is 2.61 bits per heavy atom. The first-order chi connectivity index (χ1) is 11.0. The summed E-state index contributed by atoms with van der Waals surface area (Å²) in [5.74, 6) is -1.11. The van der Waals surface area contributed by atoms with Crippen molar-refractivity contribution in [3.63, 3.8) is 0 Å². The van der Waals surface area contributed by atoms with E-state index in [1.54, 1.807) is 23.6 Å². The second kappa shape index (κ2) is 7.36. The summed E-state index contributed by atoms with van der Waals surface area (Å²) in [6.45, 7) is 1.42. The van der Waals surface area contributed by atoms with Gasteiger partial charge in [0, 0.05) is 6.07 Å². The molecule has 2 aromatic rings. The first kappa shape index (κ1) is 16.4. The molecule has 0 unspecified atom stereocenters. The predicted molar refractivity (Wildman–Crippen MR) is 83.1 cm³/mol. The summed E-state index contributed by atoms with van der Waals surface area (Å²) in [6.07, 6.45) is -1.03. The van der Waals surface area contributed by atoms with Gasteiger partial charge in [0.15, 0.2) is 11.9 Å². The van der Waals surface area contributed by atoms with Crippen molar-refractivity contribution in [1.29, 1.82) is 0 Å². The molecule has 8 nitrogen and oxygen atoms in total.